The third kappa shape index (κ3) is 4.09. The minimum absolute atomic E-state index is 0.0172. The number of para-hydroxylation sites is 2. The van der Waals surface area contributed by atoms with Crippen molar-refractivity contribution in [2.24, 2.45) is 0 Å². The molecule has 3 heterocycles. The number of anilines is 1. The molecule has 1 amide bonds. The van der Waals surface area contributed by atoms with Crippen LogP contribution in [0.5, 0.6) is 5.75 Å². The molecule has 0 aliphatic rings. The predicted octanol–water partition coefficient (Wildman–Crippen LogP) is 2.19. The summed E-state index contributed by atoms with van der Waals surface area (Å²) in [6, 6.07) is 10.7. The zero-order chi connectivity index (χ0) is 20.2. The highest BCUT2D eigenvalue weighted by molar-refractivity contribution is 7.13. The van der Waals surface area contributed by atoms with Gasteiger partial charge in [0.05, 0.1) is 24.1 Å². The van der Waals surface area contributed by atoms with Crippen molar-refractivity contribution in [2.45, 2.75) is 13.0 Å². The Balaban J connectivity index is 1.45. The third-order valence-electron chi connectivity index (χ3n) is 3.93. The lowest BCUT2D eigenvalue weighted by molar-refractivity contribution is -0.115. The van der Waals surface area contributed by atoms with Crippen LogP contribution in [-0.2, 0) is 17.8 Å². The smallest absolute Gasteiger partial charge is 0.442 e. The van der Waals surface area contributed by atoms with Crippen molar-refractivity contribution < 1.29 is 18.6 Å². The van der Waals surface area contributed by atoms with Crippen molar-refractivity contribution in [3.8, 4) is 16.5 Å². The zero-order valence-electron chi connectivity index (χ0n) is 15.2. The zero-order valence-corrected chi connectivity index (χ0v) is 16.0. The minimum Gasteiger partial charge on any atom is -0.495 e. The van der Waals surface area contributed by atoms with Gasteiger partial charge in [-0.15, -0.1) is 11.3 Å². The van der Waals surface area contributed by atoms with Crippen molar-refractivity contribution in [1.82, 2.24) is 19.9 Å². The number of amides is 1. The molecule has 1 N–H and O–H groups in total. The first-order valence-corrected chi connectivity index (χ1v) is 9.36. The number of methoxy groups -OCH3 is 1. The van der Waals surface area contributed by atoms with Crippen LogP contribution in [-0.4, -0.2) is 32.9 Å². The number of ether oxygens (including phenoxy) is 1. The molecule has 0 radical (unpaired) electrons. The Hall–Kier alpha value is -3.73. The summed E-state index contributed by atoms with van der Waals surface area (Å²) in [6.45, 7) is -0.0172. The molecule has 11 heteroatoms. The monoisotopic (exact) mass is 413 g/mol. The number of aromatic nitrogens is 4. The van der Waals surface area contributed by atoms with Crippen LogP contribution >= 0.6 is 11.3 Å². The first kappa shape index (κ1) is 18.6. The number of hydrogen-bond donors (Lipinski definition) is 1. The molecule has 4 aromatic rings. The third-order valence-corrected chi connectivity index (χ3v) is 4.80. The normalized spacial score (nSPS) is 10.8. The van der Waals surface area contributed by atoms with E-state index in [2.05, 4.69) is 20.6 Å². The quantitative estimate of drug-likeness (QED) is 0.489. The van der Waals surface area contributed by atoms with Gasteiger partial charge in [-0.2, -0.15) is 4.98 Å². The van der Waals surface area contributed by atoms with Gasteiger partial charge in [0.25, 0.3) is 0 Å². The Labute approximate surface area is 167 Å². The van der Waals surface area contributed by atoms with E-state index < -0.39 is 5.76 Å². The van der Waals surface area contributed by atoms with E-state index in [0.717, 1.165) is 4.88 Å². The lowest BCUT2D eigenvalue weighted by atomic mass is 10.2. The lowest BCUT2D eigenvalue weighted by Gasteiger charge is -2.08. The van der Waals surface area contributed by atoms with Crippen LogP contribution in [0.15, 0.2) is 55.6 Å². The molecule has 148 valence electrons. The number of nitrogens with one attached hydrogen (secondary N) is 1. The van der Waals surface area contributed by atoms with Crippen LogP contribution in [0.3, 0.4) is 0 Å². The van der Waals surface area contributed by atoms with Crippen LogP contribution in [0.25, 0.3) is 10.7 Å². The lowest BCUT2D eigenvalue weighted by Crippen LogP contribution is -2.17. The Morgan fingerprint density at radius 3 is 2.86 bits per heavy atom. The first-order chi connectivity index (χ1) is 14.1. The van der Waals surface area contributed by atoms with Crippen LogP contribution in [0.2, 0.25) is 0 Å². The van der Waals surface area contributed by atoms with Gasteiger partial charge in [-0.3, -0.25) is 9.32 Å². The van der Waals surface area contributed by atoms with E-state index >= 15 is 0 Å². The maximum absolute atomic E-state index is 12.3. The number of thiophene rings is 1. The van der Waals surface area contributed by atoms with E-state index in [-0.39, 0.29) is 30.6 Å². The molecule has 0 fully saturated rings. The molecular formula is C18H15N5O5S. The summed E-state index contributed by atoms with van der Waals surface area (Å²) in [5, 5.41) is 12.2. The predicted molar refractivity (Wildman–Crippen MR) is 103 cm³/mol. The summed E-state index contributed by atoms with van der Waals surface area (Å²) in [5.74, 6) is 0.300. The van der Waals surface area contributed by atoms with Gasteiger partial charge in [-0.1, -0.05) is 28.5 Å². The van der Waals surface area contributed by atoms with E-state index in [1.54, 1.807) is 24.3 Å². The minimum atomic E-state index is -0.637. The summed E-state index contributed by atoms with van der Waals surface area (Å²) < 4.78 is 16.4. The number of rotatable bonds is 7. The number of carbonyl (C=O) groups excluding carboxylic acids is 1. The molecule has 0 bridgehead atoms. The van der Waals surface area contributed by atoms with E-state index in [4.69, 9.17) is 13.8 Å². The summed E-state index contributed by atoms with van der Waals surface area (Å²) in [5.41, 5.74) is 0.542. The van der Waals surface area contributed by atoms with E-state index in [1.165, 1.54) is 23.0 Å². The number of nitrogens with zero attached hydrogens (tertiary/aromatic N) is 4. The molecule has 0 saturated carbocycles. The second-order valence-electron chi connectivity index (χ2n) is 5.87. The molecule has 4 rings (SSSR count). The molecule has 1 aromatic carbocycles. The van der Waals surface area contributed by atoms with Gasteiger partial charge in [0.2, 0.25) is 11.8 Å². The molecule has 0 saturated heterocycles. The molecule has 0 unspecified atom stereocenters. The van der Waals surface area contributed by atoms with Gasteiger partial charge in [-0.05, 0) is 23.6 Å². The average Bonchev–Trinajstić information content (AvgIpc) is 3.46. The van der Waals surface area contributed by atoms with Gasteiger partial charge >= 0.3 is 5.76 Å². The van der Waals surface area contributed by atoms with Gasteiger partial charge in [0, 0.05) is 0 Å². The van der Waals surface area contributed by atoms with Crippen LogP contribution < -0.4 is 15.8 Å². The number of hydrogen-bond acceptors (Lipinski definition) is 9. The highest BCUT2D eigenvalue weighted by Crippen LogP contribution is 2.23. The highest BCUT2D eigenvalue weighted by atomic mass is 32.1. The summed E-state index contributed by atoms with van der Waals surface area (Å²) in [4.78, 5) is 29.2. The second kappa shape index (κ2) is 8.10. The number of carbonyl (C=O) groups is 1. The van der Waals surface area contributed by atoms with Gasteiger partial charge in [-0.25, -0.2) is 9.36 Å². The van der Waals surface area contributed by atoms with Crippen molar-refractivity contribution in [2.75, 3.05) is 12.4 Å². The molecule has 0 atom stereocenters. The molecule has 0 aliphatic carbocycles. The van der Waals surface area contributed by atoms with Crippen LogP contribution in [0, 0.1) is 0 Å². The first-order valence-electron chi connectivity index (χ1n) is 8.49. The summed E-state index contributed by atoms with van der Waals surface area (Å²) in [7, 11) is 1.52. The highest BCUT2D eigenvalue weighted by Gasteiger charge is 2.18. The van der Waals surface area contributed by atoms with Crippen LogP contribution in [0.4, 0.5) is 5.69 Å². The average molecular weight is 413 g/mol. The molecule has 3 aromatic heterocycles. The van der Waals surface area contributed by atoms with Crippen molar-refractivity contribution in [3.63, 3.8) is 0 Å². The summed E-state index contributed by atoms with van der Waals surface area (Å²) in [6.07, 6.45) is -0.0993. The van der Waals surface area contributed by atoms with E-state index in [1.807, 2.05) is 17.5 Å². The van der Waals surface area contributed by atoms with Gasteiger partial charge in [0.1, 0.15) is 12.3 Å². The molecular weight excluding hydrogens is 398 g/mol. The van der Waals surface area contributed by atoms with E-state index in [0.29, 0.717) is 17.3 Å². The fourth-order valence-corrected chi connectivity index (χ4v) is 3.35. The van der Waals surface area contributed by atoms with Crippen molar-refractivity contribution in [3.05, 3.63) is 64.0 Å². The van der Waals surface area contributed by atoms with Gasteiger partial charge in [0.15, 0.2) is 11.6 Å². The SMILES string of the molecule is COc1ccccc1NC(=O)Cc1noc(Cn2c(-c3cccs3)noc2=O)n1. The van der Waals surface area contributed by atoms with Crippen molar-refractivity contribution in [1.29, 1.82) is 0 Å². The standard InChI is InChI=1S/C18H15N5O5S/c1-26-12-6-3-2-5-11(12)19-15(24)9-14-20-16(27-21-14)10-23-17(22-28-18(23)25)13-7-4-8-29-13/h2-8H,9-10H2,1H3,(H,19,24). The summed E-state index contributed by atoms with van der Waals surface area (Å²) >= 11 is 1.42. The molecule has 10 nitrogen and oxygen atoms in total. The fourth-order valence-electron chi connectivity index (χ4n) is 2.64. The van der Waals surface area contributed by atoms with E-state index in [9.17, 15) is 9.59 Å². The fraction of sp³-hybridized carbons (Fsp3) is 0.167. The Kier molecular flexibility index (Phi) is 5.20. The largest absolute Gasteiger partial charge is 0.495 e. The Morgan fingerprint density at radius 1 is 1.21 bits per heavy atom. The second-order valence-corrected chi connectivity index (χ2v) is 6.81. The molecule has 0 spiro atoms. The topological polar surface area (TPSA) is 125 Å². The van der Waals surface area contributed by atoms with Gasteiger partial charge < -0.3 is 14.6 Å². The molecule has 29 heavy (non-hydrogen) atoms. The van der Waals surface area contributed by atoms with Crippen molar-refractivity contribution >= 4 is 22.9 Å². The maximum atomic E-state index is 12.3. The maximum Gasteiger partial charge on any atom is 0.442 e. The van der Waals surface area contributed by atoms with Crippen LogP contribution in [0.1, 0.15) is 11.7 Å². The molecule has 0 aliphatic heterocycles. The number of benzene rings is 1. The Morgan fingerprint density at radius 2 is 2.07 bits per heavy atom. The Bertz CT molecular complexity index is 1180.